The number of amides is 2. The van der Waals surface area contributed by atoms with E-state index in [1.165, 1.54) is 21.1 Å². The third-order valence-corrected chi connectivity index (χ3v) is 6.46. The number of aromatic nitrogens is 1. The fourth-order valence-corrected chi connectivity index (χ4v) is 4.50. The van der Waals surface area contributed by atoms with Gasteiger partial charge in [0.1, 0.15) is 5.56 Å². The van der Waals surface area contributed by atoms with Crippen molar-refractivity contribution in [1.82, 2.24) is 4.31 Å². The maximum Gasteiger partial charge on any atom is 0.290 e. The van der Waals surface area contributed by atoms with Crippen LogP contribution < -0.4 is 15.6 Å². The molecule has 0 spiro atoms. The Morgan fingerprint density at radius 3 is 2.46 bits per heavy atom. The zero-order valence-electron chi connectivity index (χ0n) is 16.2. The molecule has 0 aliphatic heterocycles. The molecule has 2 rings (SSSR count). The number of primary amides is 1. The molecule has 1 heterocycles. The topological polar surface area (TPSA) is 113 Å². The van der Waals surface area contributed by atoms with Gasteiger partial charge < -0.3 is 11.1 Å². The lowest BCUT2D eigenvalue weighted by Gasteiger charge is -2.20. The number of aryl methyl sites for hydroxylation is 1. The standard InChI is InChI=1S/C19H24N4O4S/c1-4-23(5-2)28(26,27)17-11-16(9-8-14(17)3)21-18(24)13-22-10-6-7-15(12-22)19(20)25/h6-12H,4-5,13H2,1-3H3,(H2-,20,21,24,25)/p+1. The molecule has 28 heavy (non-hydrogen) atoms. The van der Waals surface area contributed by atoms with Crippen LogP contribution in [0.4, 0.5) is 5.69 Å². The van der Waals surface area contributed by atoms with Crippen LogP contribution >= 0.6 is 0 Å². The van der Waals surface area contributed by atoms with Gasteiger partial charge in [0, 0.05) is 24.8 Å². The Bertz CT molecular complexity index is 985. The summed E-state index contributed by atoms with van der Waals surface area (Å²) in [6, 6.07) is 7.95. The molecule has 0 unspecified atom stereocenters. The number of anilines is 1. The van der Waals surface area contributed by atoms with Crippen LogP contribution in [-0.2, 0) is 21.4 Å². The van der Waals surface area contributed by atoms with Crippen molar-refractivity contribution < 1.29 is 22.6 Å². The van der Waals surface area contributed by atoms with Gasteiger partial charge in [-0.25, -0.2) is 8.42 Å². The van der Waals surface area contributed by atoms with E-state index in [9.17, 15) is 18.0 Å². The van der Waals surface area contributed by atoms with E-state index >= 15 is 0 Å². The van der Waals surface area contributed by atoms with Gasteiger partial charge in [-0.2, -0.15) is 8.87 Å². The Morgan fingerprint density at radius 2 is 1.86 bits per heavy atom. The monoisotopic (exact) mass is 405 g/mol. The summed E-state index contributed by atoms with van der Waals surface area (Å²) in [5, 5.41) is 2.69. The van der Waals surface area contributed by atoms with Gasteiger partial charge in [0.2, 0.25) is 16.6 Å². The molecule has 1 aromatic heterocycles. The molecule has 2 aromatic rings. The predicted molar refractivity (Wildman–Crippen MR) is 105 cm³/mol. The first-order valence-electron chi connectivity index (χ1n) is 8.88. The summed E-state index contributed by atoms with van der Waals surface area (Å²) in [6.45, 7) is 5.95. The second-order valence-corrected chi connectivity index (χ2v) is 8.15. The van der Waals surface area contributed by atoms with E-state index < -0.39 is 15.9 Å². The van der Waals surface area contributed by atoms with Crippen molar-refractivity contribution in [3.8, 4) is 0 Å². The Morgan fingerprint density at radius 1 is 1.18 bits per heavy atom. The van der Waals surface area contributed by atoms with Crippen molar-refractivity contribution >= 4 is 27.5 Å². The SMILES string of the molecule is CCN(CC)S(=O)(=O)c1cc(NC(=O)C[n+]2cccc(C(N)=O)c2)ccc1C. The van der Waals surface area contributed by atoms with Gasteiger partial charge in [0.15, 0.2) is 12.4 Å². The average Bonchev–Trinajstić information content (AvgIpc) is 2.64. The zero-order valence-corrected chi connectivity index (χ0v) is 17.0. The molecule has 150 valence electrons. The van der Waals surface area contributed by atoms with Crippen LogP contribution in [-0.4, -0.2) is 37.6 Å². The summed E-state index contributed by atoms with van der Waals surface area (Å²) in [4.78, 5) is 23.8. The van der Waals surface area contributed by atoms with Gasteiger partial charge in [-0.15, -0.1) is 0 Å². The molecule has 0 atom stereocenters. The number of sulfonamides is 1. The van der Waals surface area contributed by atoms with Crippen molar-refractivity contribution in [3.05, 3.63) is 53.9 Å². The number of pyridine rings is 1. The highest BCUT2D eigenvalue weighted by atomic mass is 32.2. The van der Waals surface area contributed by atoms with E-state index in [-0.39, 0.29) is 17.3 Å². The molecule has 0 saturated carbocycles. The fourth-order valence-electron chi connectivity index (χ4n) is 2.79. The van der Waals surface area contributed by atoms with Crippen molar-refractivity contribution in [2.24, 2.45) is 5.73 Å². The first-order valence-corrected chi connectivity index (χ1v) is 10.3. The molecule has 3 N–H and O–H groups in total. The number of nitrogens with one attached hydrogen (secondary N) is 1. The normalized spacial score (nSPS) is 11.4. The number of hydrogen-bond donors (Lipinski definition) is 2. The summed E-state index contributed by atoms with van der Waals surface area (Å²) in [6.07, 6.45) is 3.12. The zero-order chi connectivity index (χ0) is 20.9. The van der Waals surface area contributed by atoms with Crippen LogP contribution in [0.2, 0.25) is 0 Å². The van der Waals surface area contributed by atoms with E-state index in [2.05, 4.69) is 5.32 Å². The summed E-state index contributed by atoms with van der Waals surface area (Å²) in [5.41, 5.74) is 6.52. The molecule has 0 radical (unpaired) electrons. The number of benzene rings is 1. The lowest BCUT2D eigenvalue weighted by Crippen LogP contribution is -2.40. The maximum absolute atomic E-state index is 12.8. The first-order chi connectivity index (χ1) is 13.2. The van der Waals surface area contributed by atoms with E-state index in [1.54, 1.807) is 51.2 Å². The van der Waals surface area contributed by atoms with Crippen molar-refractivity contribution in [2.45, 2.75) is 32.2 Å². The van der Waals surface area contributed by atoms with E-state index in [1.807, 2.05) is 0 Å². The molecule has 8 nitrogen and oxygen atoms in total. The molecule has 0 bridgehead atoms. The third kappa shape index (κ3) is 4.93. The van der Waals surface area contributed by atoms with Crippen LogP contribution in [0.15, 0.2) is 47.6 Å². The number of rotatable bonds is 8. The minimum absolute atomic E-state index is 0.0485. The van der Waals surface area contributed by atoms with Crippen LogP contribution in [0.1, 0.15) is 29.8 Å². The quantitative estimate of drug-likeness (QED) is 0.639. The fraction of sp³-hybridized carbons (Fsp3) is 0.316. The molecule has 0 aliphatic carbocycles. The van der Waals surface area contributed by atoms with Gasteiger partial charge in [-0.05, 0) is 30.7 Å². The highest BCUT2D eigenvalue weighted by Gasteiger charge is 2.24. The van der Waals surface area contributed by atoms with Crippen molar-refractivity contribution in [1.29, 1.82) is 0 Å². The highest BCUT2D eigenvalue weighted by molar-refractivity contribution is 7.89. The molecular weight excluding hydrogens is 380 g/mol. The molecule has 1 aromatic carbocycles. The Kier molecular flexibility index (Phi) is 6.87. The van der Waals surface area contributed by atoms with Gasteiger partial charge in [-0.3, -0.25) is 9.59 Å². The minimum Gasteiger partial charge on any atom is -0.365 e. The lowest BCUT2D eigenvalue weighted by molar-refractivity contribution is -0.684. The summed E-state index contributed by atoms with van der Waals surface area (Å²) in [7, 11) is -3.64. The van der Waals surface area contributed by atoms with Crippen molar-refractivity contribution in [3.63, 3.8) is 0 Å². The molecule has 0 fully saturated rings. The average molecular weight is 406 g/mol. The third-order valence-electron chi connectivity index (χ3n) is 4.26. The van der Waals surface area contributed by atoms with Crippen LogP contribution in [0.25, 0.3) is 0 Å². The minimum atomic E-state index is -3.64. The van der Waals surface area contributed by atoms with Crippen LogP contribution in [0.5, 0.6) is 0 Å². The molecule has 9 heteroatoms. The summed E-state index contributed by atoms with van der Waals surface area (Å²) >= 11 is 0. The molecular formula is C19H25N4O4S+. The highest BCUT2D eigenvalue weighted by Crippen LogP contribution is 2.23. The lowest BCUT2D eigenvalue weighted by atomic mass is 10.2. The Labute approximate surface area is 165 Å². The van der Waals surface area contributed by atoms with E-state index in [0.29, 0.717) is 29.9 Å². The number of carbonyl (C=O) groups is 2. The van der Waals surface area contributed by atoms with Crippen LogP contribution in [0, 0.1) is 6.92 Å². The van der Waals surface area contributed by atoms with Gasteiger partial charge in [0.05, 0.1) is 4.90 Å². The molecule has 0 aliphatic rings. The van der Waals surface area contributed by atoms with Gasteiger partial charge in [0.25, 0.3) is 11.8 Å². The maximum atomic E-state index is 12.8. The van der Waals surface area contributed by atoms with Crippen LogP contribution in [0.3, 0.4) is 0 Å². The molecule has 0 saturated heterocycles. The number of hydrogen-bond acceptors (Lipinski definition) is 4. The Hall–Kier alpha value is -2.78. The first kappa shape index (κ1) is 21.5. The second kappa shape index (κ2) is 8.94. The number of nitrogens with two attached hydrogens (primary N) is 1. The smallest absolute Gasteiger partial charge is 0.290 e. The Balaban J connectivity index is 2.22. The van der Waals surface area contributed by atoms with E-state index in [0.717, 1.165) is 0 Å². The molecule has 2 amide bonds. The summed E-state index contributed by atoms with van der Waals surface area (Å²) < 4.78 is 28.5. The predicted octanol–water partition coefficient (Wildman–Crippen LogP) is 1.05. The van der Waals surface area contributed by atoms with E-state index in [4.69, 9.17) is 5.73 Å². The van der Waals surface area contributed by atoms with Gasteiger partial charge in [-0.1, -0.05) is 19.9 Å². The number of nitrogens with zero attached hydrogens (tertiary/aromatic N) is 2. The summed E-state index contributed by atoms with van der Waals surface area (Å²) in [5.74, 6) is -0.943. The number of carbonyl (C=O) groups excluding carboxylic acids is 2. The largest absolute Gasteiger partial charge is 0.365 e. The second-order valence-electron chi connectivity index (χ2n) is 6.25. The van der Waals surface area contributed by atoms with Crippen molar-refractivity contribution in [2.75, 3.05) is 18.4 Å². The van der Waals surface area contributed by atoms with Gasteiger partial charge >= 0.3 is 0 Å².